The van der Waals surface area contributed by atoms with E-state index < -0.39 is 5.97 Å². The fourth-order valence-electron chi connectivity index (χ4n) is 3.03. The number of rotatable bonds is 7. The minimum absolute atomic E-state index is 0.109. The summed E-state index contributed by atoms with van der Waals surface area (Å²) in [5.74, 6) is -0.204. The molecular weight excluding hydrogens is 425 g/mol. The largest absolute Gasteiger partial charge is 0.489 e. The number of aliphatic carboxylic acids is 1. The van der Waals surface area contributed by atoms with Gasteiger partial charge in [-0.15, -0.1) is 0 Å². The summed E-state index contributed by atoms with van der Waals surface area (Å²) in [4.78, 5) is 12.9. The van der Waals surface area contributed by atoms with E-state index in [-0.39, 0.29) is 19.1 Å². The third-order valence-electron chi connectivity index (χ3n) is 4.56. The van der Waals surface area contributed by atoms with Crippen molar-refractivity contribution in [1.29, 1.82) is 0 Å². The monoisotopic (exact) mass is 443 g/mol. The second-order valence-electron chi connectivity index (χ2n) is 6.48. The van der Waals surface area contributed by atoms with Crippen molar-refractivity contribution in [3.8, 4) is 5.75 Å². The maximum absolute atomic E-state index is 10.8. The molecule has 0 aromatic heterocycles. The van der Waals surface area contributed by atoms with Crippen LogP contribution in [0.25, 0.3) is 0 Å². The SMILES string of the molecule is O=C(O)CCN1CCOC(c2ccc(OCc3c(Cl)cccc3Cl)cc2Cl)C1. The molecule has 1 fully saturated rings. The van der Waals surface area contributed by atoms with E-state index in [0.29, 0.717) is 47.1 Å². The number of carboxylic acids is 1. The molecule has 0 aliphatic carbocycles. The number of halogens is 3. The maximum Gasteiger partial charge on any atom is 0.304 e. The van der Waals surface area contributed by atoms with Gasteiger partial charge in [-0.3, -0.25) is 9.69 Å². The van der Waals surface area contributed by atoms with Crippen molar-refractivity contribution in [3.63, 3.8) is 0 Å². The van der Waals surface area contributed by atoms with Gasteiger partial charge in [-0.25, -0.2) is 0 Å². The first-order valence-electron chi connectivity index (χ1n) is 8.85. The highest BCUT2D eigenvalue weighted by Gasteiger charge is 2.24. The molecule has 1 saturated heterocycles. The molecule has 28 heavy (non-hydrogen) atoms. The molecule has 8 heteroatoms. The zero-order chi connectivity index (χ0) is 20.1. The van der Waals surface area contributed by atoms with E-state index in [4.69, 9.17) is 49.4 Å². The van der Waals surface area contributed by atoms with E-state index in [0.717, 1.165) is 11.1 Å². The number of carboxylic acid groups (broad SMARTS) is 1. The Labute approximate surface area is 178 Å². The van der Waals surface area contributed by atoms with Gasteiger partial charge in [0, 0.05) is 40.8 Å². The number of nitrogens with zero attached hydrogens (tertiary/aromatic N) is 1. The van der Waals surface area contributed by atoms with Crippen molar-refractivity contribution >= 4 is 40.8 Å². The lowest BCUT2D eigenvalue weighted by Gasteiger charge is -2.33. The van der Waals surface area contributed by atoms with Crippen LogP contribution in [0.1, 0.15) is 23.7 Å². The van der Waals surface area contributed by atoms with Crippen LogP contribution in [0.3, 0.4) is 0 Å². The molecule has 1 aliphatic heterocycles. The quantitative estimate of drug-likeness (QED) is 0.646. The number of hydrogen-bond acceptors (Lipinski definition) is 4. The fourth-order valence-corrected chi connectivity index (χ4v) is 3.83. The van der Waals surface area contributed by atoms with E-state index >= 15 is 0 Å². The molecule has 1 N–H and O–H groups in total. The van der Waals surface area contributed by atoms with Crippen molar-refractivity contribution in [2.75, 3.05) is 26.2 Å². The van der Waals surface area contributed by atoms with Gasteiger partial charge in [-0.1, -0.05) is 46.9 Å². The second-order valence-corrected chi connectivity index (χ2v) is 7.70. The van der Waals surface area contributed by atoms with Crippen molar-refractivity contribution in [2.45, 2.75) is 19.1 Å². The van der Waals surface area contributed by atoms with Crippen LogP contribution in [0, 0.1) is 0 Å². The highest BCUT2D eigenvalue weighted by Crippen LogP contribution is 2.32. The first-order valence-corrected chi connectivity index (χ1v) is 9.98. The second kappa shape index (κ2) is 9.81. The topological polar surface area (TPSA) is 59.0 Å². The Kier molecular flexibility index (Phi) is 7.43. The Morgan fingerprint density at radius 1 is 1.18 bits per heavy atom. The number of morpholine rings is 1. The minimum Gasteiger partial charge on any atom is -0.489 e. The van der Waals surface area contributed by atoms with Gasteiger partial charge in [0.2, 0.25) is 0 Å². The predicted octanol–water partition coefficient (Wildman–Crippen LogP) is 5.07. The average Bonchev–Trinajstić information content (AvgIpc) is 2.66. The van der Waals surface area contributed by atoms with Crippen molar-refractivity contribution < 1.29 is 19.4 Å². The van der Waals surface area contributed by atoms with Crippen LogP contribution >= 0.6 is 34.8 Å². The molecule has 0 bridgehead atoms. The first-order chi connectivity index (χ1) is 13.4. The van der Waals surface area contributed by atoms with E-state index in [9.17, 15) is 4.79 Å². The first kappa shape index (κ1) is 21.2. The van der Waals surface area contributed by atoms with Gasteiger partial charge in [0.05, 0.1) is 24.2 Å². The van der Waals surface area contributed by atoms with Gasteiger partial charge in [0.25, 0.3) is 0 Å². The van der Waals surface area contributed by atoms with Crippen LogP contribution in [-0.2, 0) is 16.1 Å². The molecule has 150 valence electrons. The third kappa shape index (κ3) is 5.52. The van der Waals surface area contributed by atoms with Crippen molar-refractivity contribution in [3.05, 3.63) is 62.6 Å². The van der Waals surface area contributed by atoms with Crippen molar-refractivity contribution in [1.82, 2.24) is 4.90 Å². The molecule has 1 heterocycles. The summed E-state index contributed by atoms with van der Waals surface area (Å²) in [5.41, 5.74) is 1.57. The fraction of sp³-hybridized carbons (Fsp3) is 0.350. The normalized spacial score (nSPS) is 17.5. The molecule has 2 aromatic carbocycles. The third-order valence-corrected chi connectivity index (χ3v) is 5.59. The van der Waals surface area contributed by atoms with Gasteiger partial charge in [0.1, 0.15) is 12.4 Å². The predicted molar refractivity (Wildman–Crippen MR) is 110 cm³/mol. The van der Waals surface area contributed by atoms with Gasteiger partial charge >= 0.3 is 5.97 Å². The summed E-state index contributed by atoms with van der Waals surface area (Å²) in [7, 11) is 0. The van der Waals surface area contributed by atoms with Crippen LogP contribution in [0.4, 0.5) is 0 Å². The summed E-state index contributed by atoms with van der Waals surface area (Å²) < 4.78 is 11.6. The number of ether oxygens (including phenoxy) is 2. The molecule has 0 spiro atoms. The van der Waals surface area contributed by atoms with E-state index in [1.54, 1.807) is 24.3 Å². The van der Waals surface area contributed by atoms with Crippen LogP contribution in [0.2, 0.25) is 15.1 Å². The van der Waals surface area contributed by atoms with Gasteiger partial charge < -0.3 is 14.6 Å². The Morgan fingerprint density at radius 2 is 1.93 bits per heavy atom. The summed E-state index contributed by atoms with van der Waals surface area (Å²) in [6.45, 7) is 2.57. The smallest absolute Gasteiger partial charge is 0.304 e. The Balaban J connectivity index is 1.64. The van der Waals surface area contributed by atoms with E-state index in [1.165, 1.54) is 0 Å². The molecule has 0 radical (unpaired) electrons. The molecule has 1 atom stereocenters. The van der Waals surface area contributed by atoms with E-state index in [2.05, 4.69) is 4.90 Å². The number of carbonyl (C=O) groups is 1. The van der Waals surface area contributed by atoms with Gasteiger partial charge in [0.15, 0.2) is 0 Å². The highest BCUT2D eigenvalue weighted by atomic mass is 35.5. The Morgan fingerprint density at radius 3 is 2.61 bits per heavy atom. The molecule has 3 rings (SSSR count). The highest BCUT2D eigenvalue weighted by molar-refractivity contribution is 6.36. The average molecular weight is 445 g/mol. The number of hydrogen-bond donors (Lipinski definition) is 1. The summed E-state index contributed by atoms with van der Waals surface area (Å²) in [6, 6.07) is 10.7. The van der Waals surface area contributed by atoms with Crippen LogP contribution in [0.15, 0.2) is 36.4 Å². The summed E-state index contributed by atoms with van der Waals surface area (Å²) >= 11 is 18.8. The van der Waals surface area contributed by atoms with Gasteiger partial charge in [-0.2, -0.15) is 0 Å². The standard InChI is InChI=1S/C20H20Cl3NO4/c21-16-2-1-3-17(22)15(16)12-28-13-4-5-14(18(23)10-13)19-11-24(8-9-27-19)7-6-20(25)26/h1-5,10,19H,6-9,11-12H2,(H,25,26). The number of benzene rings is 2. The lowest BCUT2D eigenvalue weighted by atomic mass is 10.1. The van der Waals surface area contributed by atoms with Crippen LogP contribution in [-0.4, -0.2) is 42.2 Å². The summed E-state index contributed by atoms with van der Waals surface area (Å²) in [6.07, 6.45) is -0.0974. The molecular formula is C20H20Cl3NO4. The molecule has 0 amide bonds. The Bertz CT molecular complexity index is 826. The zero-order valence-corrected chi connectivity index (χ0v) is 17.3. The zero-order valence-electron chi connectivity index (χ0n) is 15.0. The minimum atomic E-state index is -0.804. The lowest BCUT2D eigenvalue weighted by molar-refractivity contribution is -0.137. The van der Waals surface area contributed by atoms with E-state index in [1.807, 2.05) is 12.1 Å². The van der Waals surface area contributed by atoms with Crippen LogP contribution in [0.5, 0.6) is 5.75 Å². The molecule has 2 aromatic rings. The molecule has 1 unspecified atom stereocenters. The maximum atomic E-state index is 10.8. The molecule has 1 aliphatic rings. The lowest BCUT2D eigenvalue weighted by Crippen LogP contribution is -2.39. The van der Waals surface area contributed by atoms with Crippen LogP contribution < -0.4 is 4.74 Å². The molecule has 0 saturated carbocycles. The Hall–Kier alpha value is -1.50. The molecule has 5 nitrogen and oxygen atoms in total. The van der Waals surface area contributed by atoms with Crippen molar-refractivity contribution in [2.24, 2.45) is 0 Å². The van der Waals surface area contributed by atoms with Gasteiger partial charge in [-0.05, 0) is 24.3 Å². The summed E-state index contributed by atoms with van der Waals surface area (Å²) in [5, 5.41) is 10.5.